The first-order valence-corrected chi connectivity index (χ1v) is 41.0. The SMILES string of the molecule is Cc1c(C)c(C)c2c(c1C)c1c(C)c(C)c(C)c(C)c1n2-c1cc(-c2cc(F)cc(F)c2)c(C(F)(F)F)cc1-n1c2c(C)c(C)c(C)c(C)c2c2c(C)c(C)c(C)c(C)c21.Cc1c(C)c(C)c2c(c1C)c1c(C)c(C)c(C)c(C)c1n2-c1cc(C#N)c(-c2cc(F)cc(F)c2)cc1-n1c2c(C)c(C)c(C)c(C)c2c2c(C)c(C)c(C)c(C)c21. The molecule has 118 heavy (non-hydrogen) atoms. The Morgan fingerprint density at radius 1 is 0.212 bits per heavy atom. The maximum Gasteiger partial charge on any atom is 0.417 e. The number of aryl methyl sites for hydroxylation is 16. The van der Waals surface area contributed by atoms with Gasteiger partial charge >= 0.3 is 6.18 Å². The van der Waals surface area contributed by atoms with Gasteiger partial charge in [-0.1, -0.05) is 0 Å². The van der Waals surface area contributed by atoms with E-state index < -0.39 is 35.0 Å². The molecule has 0 aliphatic rings. The van der Waals surface area contributed by atoms with Crippen molar-refractivity contribution < 1.29 is 30.7 Å². The molecule has 12 aromatic carbocycles. The van der Waals surface area contributed by atoms with Crippen molar-refractivity contribution in [2.45, 2.75) is 228 Å². The van der Waals surface area contributed by atoms with Crippen LogP contribution >= 0.6 is 0 Å². The first-order chi connectivity index (χ1) is 55.2. The molecule has 0 atom stereocenters. The standard InChI is InChI=1S/C53H53F5N2.C53H53F2N3/c1-22-26(5)34(13)49-45(30(22)9)46-31(10)23(2)27(6)35(14)50(46)59(49)43-20-41(38-17-39(54)19-40(55)18-38)42(53(56,57)58)21-44(43)60-51-36(15)28(7)24(3)32(11)47(51)48-33(12)25(4)29(8)37(16)52(48)60;1-23-27(5)35(13)50-46(31(23)9)47-32(10)24(2)28(6)36(14)51(47)57(50)44-19-40(22-56)43(39-17-41(54)20-42(55)18-39)21-45(44)58-52-37(15)29(7)25(3)33(11)48(52)49-34(12)26(4)30(8)38(16)53(49)58/h17-21H,1-16H3;17-21H,1-16H3. The zero-order chi connectivity index (χ0) is 86.4. The van der Waals surface area contributed by atoms with E-state index in [-0.39, 0.29) is 11.1 Å². The van der Waals surface area contributed by atoms with Crippen molar-refractivity contribution in [3.8, 4) is 51.1 Å². The zero-order valence-electron chi connectivity index (χ0n) is 74.7. The van der Waals surface area contributed by atoms with Gasteiger partial charge in [-0.15, -0.1) is 0 Å². The second-order valence-electron chi connectivity index (χ2n) is 34.8. The zero-order valence-corrected chi connectivity index (χ0v) is 74.7. The van der Waals surface area contributed by atoms with Crippen LogP contribution < -0.4 is 0 Å². The van der Waals surface area contributed by atoms with Gasteiger partial charge in [0, 0.05) is 60.8 Å². The van der Waals surface area contributed by atoms with Crippen LogP contribution in [0.1, 0.15) is 189 Å². The van der Waals surface area contributed by atoms with E-state index in [0.29, 0.717) is 34.1 Å². The van der Waals surface area contributed by atoms with Gasteiger partial charge in [-0.25, -0.2) is 17.6 Å². The summed E-state index contributed by atoms with van der Waals surface area (Å²) in [6, 6.07) is 15.5. The van der Waals surface area contributed by atoms with E-state index in [2.05, 4.69) is 246 Å². The predicted octanol–water partition coefficient (Wildman–Crippen LogP) is 30.4. The quantitative estimate of drug-likeness (QED) is 0.153. The van der Waals surface area contributed by atoms with Crippen molar-refractivity contribution in [3.05, 3.63) is 273 Å². The molecular formula is C106H106F7N5. The van der Waals surface area contributed by atoms with Crippen LogP contribution in [0.5, 0.6) is 0 Å². The lowest BCUT2D eigenvalue weighted by Gasteiger charge is -2.25. The van der Waals surface area contributed by atoms with E-state index in [1.54, 1.807) is 6.07 Å². The third kappa shape index (κ3) is 11.3. The van der Waals surface area contributed by atoms with Crippen LogP contribution in [0.4, 0.5) is 30.7 Å². The number of benzene rings is 12. The Kier molecular flexibility index (Phi) is 19.4. The number of hydrogen-bond donors (Lipinski definition) is 0. The predicted molar refractivity (Wildman–Crippen MR) is 482 cm³/mol. The van der Waals surface area contributed by atoms with E-state index >= 15 is 30.7 Å². The molecule has 0 spiro atoms. The molecule has 0 saturated heterocycles. The third-order valence-corrected chi connectivity index (χ3v) is 30.0. The van der Waals surface area contributed by atoms with Gasteiger partial charge in [-0.3, -0.25) is 0 Å². The highest BCUT2D eigenvalue weighted by atomic mass is 19.4. The third-order valence-electron chi connectivity index (χ3n) is 30.0. The summed E-state index contributed by atoms with van der Waals surface area (Å²) in [5.74, 6) is -3.28. The van der Waals surface area contributed by atoms with Crippen molar-refractivity contribution in [1.82, 2.24) is 18.3 Å². The first-order valence-electron chi connectivity index (χ1n) is 41.0. The van der Waals surface area contributed by atoms with Crippen molar-refractivity contribution in [2.75, 3.05) is 0 Å². The van der Waals surface area contributed by atoms with Gasteiger partial charge in [-0.2, -0.15) is 18.4 Å². The minimum Gasteiger partial charge on any atom is -0.307 e. The summed E-state index contributed by atoms with van der Waals surface area (Å²) in [7, 11) is 0. The van der Waals surface area contributed by atoms with Gasteiger partial charge in [0.15, 0.2) is 0 Å². The maximum absolute atomic E-state index is 15.9. The first kappa shape index (κ1) is 82.0. The summed E-state index contributed by atoms with van der Waals surface area (Å²) in [5, 5.41) is 20.0. The minimum atomic E-state index is -4.89. The summed E-state index contributed by atoms with van der Waals surface area (Å²) in [4.78, 5) is 0. The molecule has 0 unspecified atom stereocenters. The molecule has 16 aromatic rings. The fourth-order valence-electron chi connectivity index (χ4n) is 20.5. The van der Waals surface area contributed by atoms with E-state index in [4.69, 9.17) is 0 Å². The molecule has 12 heteroatoms. The Bertz CT molecular complexity index is 7030. The molecule has 0 saturated carbocycles. The van der Waals surface area contributed by atoms with Crippen LogP contribution in [-0.2, 0) is 6.18 Å². The fraction of sp³-hybridized carbons (Fsp3) is 0.311. The second-order valence-corrected chi connectivity index (χ2v) is 34.8. The average molecular weight is 1580 g/mol. The van der Waals surface area contributed by atoms with Crippen LogP contribution in [0.15, 0.2) is 60.7 Å². The Labute approximate surface area is 689 Å². The Hall–Kier alpha value is -11.2. The minimum absolute atomic E-state index is 0.188. The monoisotopic (exact) mass is 1580 g/mol. The van der Waals surface area contributed by atoms with E-state index in [1.807, 2.05) is 12.1 Å². The molecule has 16 rings (SSSR count). The van der Waals surface area contributed by atoms with Crippen molar-refractivity contribution in [2.24, 2.45) is 0 Å². The number of alkyl halides is 3. The van der Waals surface area contributed by atoms with Gasteiger partial charge in [0.1, 0.15) is 23.3 Å². The second kappa shape index (κ2) is 28.0. The number of aromatic nitrogens is 4. The molecule has 4 aromatic heterocycles. The highest BCUT2D eigenvalue weighted by Crippen LogP contribution is 2.54. The maximum atomic E-state index is 15.9. The molecule has 604 valence electrons. The van der Waals surface area contributed by atoms with Gasteiger partial charge in [0.25, 0.3) is 0 Å². The molecule has 0 N–H and O–H groups in total. The molecule has 0 aliphatic carbocycles. The lowest BCUT2D eigenvalue weighted by atomic mass is 9.90. The van der Waals surface area contributed by atoms with Crippen molar-refractivity contribution >= 4 is 87.2 Å². The summed E-state index contributed by atoms with van der Waals surface area (Å²) in [5.41, 5.74) is 47.2. The van der Waals surface area contributed by atoms with Crippen LogP contribution in [-0.4, -0.2) is 18.3 Å². The molecule has 0 aliphatic heterocycles. The smallest absolute Gasteiger partial charge is 0.307 e. The lowest BCUT2D eigenvalue weighted by molar-refractivity contribution is -0.137. The van der Waals surface area contributed by atoms with E-state index in [1.165, 1.54) is 129 Å². The van der Waals surface area contributed by atoms with Crippen LogP contribution in [0, 0.1) is 256 Å². The summed E-state index contributed by atoms with van der Waals surface area (Å²) >= 11 is 0. The highest BCUT2D eigenvalue weighted by Gasteiger charge is 2.39. The largest absolute Gasteiger partial charge is 0.417 e. The number of rotatable bonds is 6. The molecule has 0 amide bonds. The topological polar surface area (TPSA) is 43.5 Å². The highest BCUT2D eigenvalue weighted by molar-refractivity contribution is 6.21. The van der Waals surface area contributed by atoms with Crippen LogP contribution in [0.2, 0.25) is 0 Å². The number of halogens is 7. The average Bonchev–Trinajstić information content (AvgIpc) is 1.54. The summed E-state index contributed by atoms with van der Waals surface area (Å²) in [6.45, 7) is 69.2. The van der Waals surface area contributed by atoms with Gasteiger partial charge in [0.05, 0.1) is 84.1 Å². The van der Waals surface area contributed by atoms with Gasteiger partial charge < -0.3 is 18.3 Å². The molecular weight excluding hydrogens is 1480 g/mol. The molecule has 4 heterocycles. The van der Waals surface area contributed by atoms with Gasteiger partial charge in [-0.05, 0) is 465 Å². The Morgan fingerprint density at radius 2 is 0.381 bits per heavy atom. The number of nitriles is 1. The summed E-state index contributed by atoms with van der Waals surface area (Å²) in [6.07, 6.45) is -4.89. The molecule has 5 nitrogen and oxygen atoms in total. The Morgan fingerprint density at radius 3 is 0.576 bits per heavy atom. The lowest BCUT2D eigenvalue weighted by Crippen LogP contribution is -2.13. The van der Waals surface area contributed by atoms with Crippen LogP contribution in [0.3, 0.4) is 0 Å². The van der Waals surface area contributed by atoms with Crippen LogP contribution in [0.25, 0.3) is 132 Å². The number of fused-ring (bicyclic) bond motifs is 12. The number of hydrogen-bond acceptors (Lipinski definition) is 1. The van der Waals surface area contributed by atoms with Crippen molar-refractivity contribution in [3.63, 3.8) is 0 Å². The Balaban J connectivity index is 0.000000185. The normalized spacial score (nSPS) is 12.2. The van der Waals surface area contributed by atoms with E-state index in [0.717, 1.165) is 184 Å². The van der Waals surface area contributed by atoms with Crippen molar-refractivity contribution in [1.29, 1.82) is 5.26 Å². The fourth-order valence-corrected chi connectivity index (χ4v) is 20.5. The molecule has 0 radical (unpaired) electrons. The van der Waals surface area contributed by atoms with Gasteiger partial charge in [0.2, 0.25) is 0 Å². The molecule has 0 fully saturated rings. The molecule has 0 bridgehead atoms. The summed E-state index contributed by atoms with van der Waals surface area (Å²) < 4.78 is 117. The van der Waals surface area contributed by atoms with E-state index in [9.17, 15) is 5.26 Å². The number of nitrogens with zero attached hydrogens (tertiary/aromatic N) is 5.